The second kappa shape index (κ2) is 7.50. The van der Waals surface area contributed by atoms with E-state index < -0.39 is 0 Å². The van der Waals surface area contributed by atoms with Crippen LogP contribution in [0.15, 0.2) is 18.2 Å². The van der Waals surface area contributed by atoms with Gasteiger partial charge in [0.1, 0.15) is 0 Å². The molecule has 0 saturated heterocycles. The van der Waals surface area contributed by atoms with Gasteiger partial charge >= 0.3 is 0 Å². The minimum Gasteiger partial charge on any atom is -0.454 e. The zero-order valence-electron chi connectivity index (χ0n) is 12.6. The molecule has 0 bridgehead atoms. The molecule has 1 heterocycles. The highest BCUT2D eigenvalue weighted by Crippen LogP contribution is 2.36. The summed E-state index contributed by atoms with van der Waals surface area (Å²) in [4.78, 5) is 0. The van der Waals surface area contributed by atoms with E-state index in [4.69, 9.17) is 18.9 Å². The lowest BCUT2D eigenvalue weighted by Gasteiger charge is -2.22. The van der Waals surface area contributed by atoms with E-state index in [1.807, 2.05) is 25.1 Å². The molecule has 0 unspecified atom stereocenters. The van der Waals surface area contributed by atoms with Crippen molar-refractivity contribution in [2.24, 2.45) is 0 Å². The van der Waals surface area contributed by atoms with Crippen LogP contribution >= 0.6 is 0 Å². The smallest absolute Gasteiger partial charge is 0.231 e. The van der Waals surface area contributed by atoms with Crippen LogP contribution in [0.25, 0.3) is 0 Å². The first kappa shape index (κ1) is 15.1. The van der Waals surface area contributed by atoms with Crippen molar-refractivity contribution in [1.29, 1.82) is 0 Å². The van der Waals surface area contributed by atoms with Crippen LogP contribution in [0.1, 0.15) is 51.7 Å². The summed E-state index contributed by atoms with van der Waals surface area (Å²) in [5, 5.41) is 0. The van der Waals surface area contributed by atoms with Crippen LogP contribution in [0.3, 0.4) is 0 Å². The Hall–Kier alpha value is -1.26. The SMILES string of the molecule is CCCCO[C@@H](C)O[C@H](CC)c1ccc2c(c1)OCO2. The molecule has 0 amide bonds. The first-order valence-corrected chi connectivity index (χ1v) is 7.41. The minimum atomic E-state index is -0.197. The third-order valence-corrected chi connectivity index (χ3v) is 3.35. The summed E-state index contributed by atoms with van der Waals surface area (Å²) < 4.78 is 22.4. The molecule has 112 valence electrons. The number of hydrogen-bond donors (Lipinski definition) is 0. The van der Waals surface area contributed by atoms with Gasteiger partial charge in [0.15, 0.2) is 17.8 Å². The van der Waals surface area contributed by atoms with E-state index >= 15 is 0 Å². The van der Waals surface area contributed by atoms with E-state index in [2.05, 4.69) is 13.8 Å². The second-order valence-electron chi connectivity index (χ2n) is 4.94. The predicted octanol–water partition coefficient (Wildman–Crippen LogP) is 4.05. The zero-order valence-corrected chi connectivity index (χ0v) is 12.6. The number of hydrogen-bond acceptors (Lipinski definition) is 4. The van der Waals surface area contributed by atoms with E-state index in [1.54, 1.807) is 0 Å². The molecule has 0 saturated carbocycles. The number of ether oxygens (including phenoxy) is 4. The van der Waals surface area contributed by atoms with Gasteiger partial charge in [0, 0.05) is 6.61 Å². The Morgan fingerprint density at radius 2 is 2.00 bits per heavy atom. The number of fused-ring (bicyclic) bond motifs is 1. The third kappa shape index (κ3) is 3.87. The van der Waals surface area contributed by atoms with Crippen molar-refractivity contribution >= 4 is 0 Å². The summed E-state index contributed by atoms with van der Waals surface area (Å²) in [5.41, 5.74) is 1.10. The zero-order chi connectivity index (χ0) is 14.4. The Labute approximate surface area is 121 Å². The summed E-state index contributed by atoms with van der Waals surface area (Å²) in [6, 6.07) is 5.96. The summed E-state index contributed by atoms with van der Waals surface area (Å²) >= 11 is 0. The summed E-state index contributed by atoms with van der Waals surface area (Å²) in [6.07, 6.45) is 2.90. The lowest BCUT2D eigenvalue weighted by molar-refractivity contribution is -0.163. The van der Waals surface area contributed by atoms with Crippen LogP contribution in [-0.4, -0.2) is 19.7 Å². The maximum absolute atomic E-state index is 5.97. The van der Waals surface area contributed by atoms with Crippen molar-refractivity contribution in [3.8, 4) is 11.5 Å². The molecular weight excluding hydrogens is 256 g/mol. The van der Waals surface area contributed by atoms with E-state index in [-0.39, 0.29) is 12.4 Å². The molecule has 1 aliphatic rings. The van der Waals surface area contributed by atoms with Crippen LogP contribution in [-0.2, 0) is 9.47 Å². The highest BCUT2D eigenvalue weighted by Gasteiger charge is 2.19. The van der Waals surface area contributed by atoms with Crippen LogP contribution in [0.5, 0.6) is 11.5 Å². The molecule has 4 nitrogen and oxygen atoms in total. The fraction of sp³-hybridized carbons (Fsp3) is 0.625. The van der Waals surface area contributed by atoms with Gasteiger partial charge in [0.25, 0.3) is 0 Å². The Morgan fingerprint density at radius 1 is 1.20 bits per heavy atom. The first-order chi connectivity index (χ1) is 9.74. The second-order valence-corrected chi connectivity index (χ2v) is 4.94. The highest BCUT2D eigenvalue weighted by atomic mass is 16.7. The largest absolute Gasteiger partial charge is 0.454 e. The van der Waals surface area contributed by atoms with Gasteiger partial charge < -0.3 is 18.9 Å². The van der Waals surface area contributed by atoms with Crippen molar-refractivity contribution in [2.75, 3.05) is 13.4 Å². The van der Waals surface area contributed by atoms with Crippen LogP contribution in [0.4, 0.5) is 0 Å². The predicted molar refractivity (Wildman–Crippen MR) is 77.0 cm³/mol. The minimum absolute atomic E-state index is 0.0149. The van der Waals surface area contributed by atoms with E-state index in [9.17, 15) is 0 Å². The number of benzene rings is 1. The van der Waals surface area contributed by atoms with Crippen molar-refractivity contribution in [2.45, 2.75) is 52.4 Å². The molecule has 2 atom stereocenters. The third-order valence-electron chi connectivity index (χ3n) is 3.35. The highest BCUT2D eigenvalue weighted by molar-refractivity contribution is 5.45. The maximum Gasteiger partial charge on any atom is 0.231 e. The van der Waals surface area contributed by atoms with Crippen LogP contribution in [0.2, 0.25) is 0 Å². The molecule has 20 heavy (non-hydrogen) atoms. The molecule has 1 aromatic carbocycles. The quantitative estimate of drug-likeness (QED) is 0.532. The van der Waals surface area contributed by atoms with Crippen LogP contribution in [0, 0.1) is 0 Å². The van der Waals surface area contributed by atoms with Crippen molar-refractivity contribution in [3.63, 3.8) is 0 Å². The average molecular weight is 280 g/mol. The Balaban J connectivity index is 1.94. The van der Waals surface area contributed by atoms with Gasteiger partial charge in [-0.15, -0.1) is 0 Å². The van der Waals surface area contributed by atoms with Crippen molar-refractivity contribution in [3.05, 3.63) is 23.8 Å². The molecule has 0 aromatic heterocycles. The summed E-state index contributed by atoms with van der Waals surface area (Å²) in [7, 11) is 0. The van der Waals surface area contributed by atoms with Gasteiger partial charge in [0.05, 0.1) is 6.10 Å². The van der Waals surface area contributed by atoms with Gasteiger partial charge in [0.2, 0.25) is 6.79 Å². The fourth-order valence-electron chi connectivity index (χ4n) is 2.19. The molecule has 0 fully saturated rings. The molecule has 0 aliphatic carbocycles. The lowest BCUT2D eigenvalue weighted by Crippen LogP contribution is -2.17. The molecule has 2 rings (SSSR count). The Kier molecular flexibility index (Phi) is 5.68. The molecule has 0 spiro atoms. The first-order valence-electron chi connectivity index (χ1n) is 7.41. The van der Waals surface area contributed by atoms with Crippen LogP contribution < -0.4 is 9.47 Å². The maximum atomic E-state index is 5.97. The molecule has 0 radical (unpaired) electrons. The summed E-state index contributed by atoms with van der Waals surface area (Å²) in [6.45, 7) is 7.25. The Morgan fingerprint density at radius 3 is 2.75 bits per heavy atom. The molecule has 4 heteroatoms. The topological polar surface area (TPSA) is 36.9 Å². The Bertz CT molecular complexity index is 419. The van der Waals surface area contributed by atoms with Crippen molar-refractivity contribution in [1.82, 2.24) is 0 Å². The fourth-order valence-corrected chi connectivity index (χ4v) is 2.19. The van der Waals surface area contributed by atoms with Gasteiger partial charge in [-0.3, -0.25) is 0 Å². The van der Waals surface area contributed by atoms with Gasteiger partial charge in [-0.25, -0.2) is 0 Å². The normalized spacial score (nSPS) is 16.1. The van der Waals surface area contributed by atoms with E-state index in [1.165, 1.54) is 0 Å². The van der Waals surface area contributed by atoms with Crippen molar-refractivity contribution < 1.29 is 18.9 Å². The molecule has 1 aromatic rings. The summed E-state index contributed by atoms with van der Waals surface area (Å²) in [5.74, 6) is 1.60. The van der Waals surface area contributed by atoms with E-state index in [0.29, 0.717) is 6.79 Å². The van der Waals surface area contributed by atoms with Gasteiger partial charge in [-0.05, 0) is 37.5 Å². The molecule has 0 N–H and O–H groups in total. The number of unbranched alkanes of at least 4 members (excludes halogenated alkanes) is 1. The number of rotatable bonds is 8. The molecular formula is C16H24O4. The average Bonchev–Trinajstić information content (AvgIpc) is 2.92. The lowest BCUT2D eigenvalue weighted by atomic mass is 10.1. The van der Waals surface area contributed by atoms with Gasteiger partial charge in [-0.1, -0.05) is 26.3 Å². The standard InChI is InChI=1S/C16H24O4/c1-4-6-9-17-12(3)20-14(5-2)13-7-8-15-16(10-13)19-11-18-15/h7-8,10,12,14H,4-6,9,11H2,1-3H3/t12-,14-/m1/s1. The molecule has 1 aliphatic heterocycles. The monoisotopic (exact) mass is 280 g/mol. The van der Waals surface area contributed by atoms with E-state index in [0.717, 1.165) is 42.9 Å². The van der Waals surface area contributed by atoms with Gasteiger partial charge in [-0.2, -0.15) is 0 Å².